The Labute approximate surface area is 230 Å². The number of benzene rings is 1. The Bertz CT molecular complexity index is 1430. The first-order valence-corrected chi connectivity index (χ1v) is 15.0. The zero-order valence-electron chi connectivity index (χ0n) is 21.5. The van der Waals surface area contributed by atoms with Crippen molar-refractivity contribution in [2.24, 2.45) is 5.10 Å². The summed E-state index contributed by atoms with van der Waals surface area (Å²) < 4.78 is 42.2. The Morgan fingerprint density at radius 1 is 1.13 bits per heavy atom. The number of rotatable bonds is 10. The number of ether oxygens (including phenoxy) is 3. The molecule has 2 saturated heterocycles. The van der Waals surface area contributed by atoms with E-state index in [1.165, 1.54) is 23.5 Å². The Morgan fingerprint density at radius 2 is 1.92 bits per heavy atom. The smallest absolute Gasteiger partial charge is 0.278 e. The van der Waals surface area contributed by atoms with Gasteiger partial charge in [0, 0.05) is 24.8 Å². The molecule has 0 bridgehead atoms. The van der Waals surface area contributed by atoms with Crippen LogP contribution in [0.1, 0.15) is 12.0 Å². The molecule has 5 rings (SSSR count). The van der Waals surface area contributed by atoms with E-state index >= 15 is 0 Å². The van der Waals surface area contributed by atoms with Crippen LogP contribution in [0.15, 0.2) is 46.4 Å². The van der Waals surface area contributed by atoms with Crippen LogP contribution in [-0.2, 0) is 24.1 Å². The lowest BCUT2D eigenvalue weighted by Crippen LogP contribution is -2.35. The van der Waals surface area contributed by atoms with E-state index in [0.717, 1.165) is 0 Å². The summed E-state index contributed by atoms with van der Waals surface area (Å²) in [5.41, 5.74) is 1.27. The number of nitrogens with one attached hydrogen (secondary N) is 2. The molecule has 39 heavy (non-hydrogen) atoms. The van der Waals surface area contributed by atoms with Crippen LogP contribution in [0.25, 0.3) is 10.3 Å². The number of nitrogens with zero attached hydrogens (tertiary/aromatic N) is 4. The highest BCUT2D eigenvalue weighted by molar-refractivity contribution is 7.92. The number of morpholine rings is 1. The second-order valence-corrected chi connectivity index (χ2v) is 12.2. The summed E-state index contributed by atoms with van der Waals surface area (Å²) in [5.74, 6) is 0.0129. The molecule has 1 aromatic carbocycles. The van der Waals surface area contributed by atoms with Crippen molar-refractivity contribution in [3.05, 3.63) is 42.0 Å². The standard InChI is InChI=1S/C25H30N6O6S2/c1-26-9-13-37-21-7-6-20-24(28-21)38-25(27-20)29-23(32)22(30-31-10-14-35-15-11-31)17-2-4-18(5-3-17)39(33,34)19-8-12-36-16-19/h2-7,19,26H,8-16H2,1H3,(H,27,29,32)/b30-22+/t19-/m0/s1. The molecule has 2 fully saturated rings. The molecule has 1 amide bonds. The quantitative estimate of drug-likeness (QED) is 0.270. The van der Waals surface area contributed by atoms with Gasteiger partial charge in [-0.05, 0) is 31.7 Å². The number of carbonyl (C=O) groups excluding carboxylic acids is 1. The van der Waals surface area contributed by atoms with E-state index in [1.54, 1.807) is 29.3 Å². The number of aromatic nitrogens is 2. The minimum absolute atomic E-state index is 0.147. The van der Waals surface area contributed by atoms with Crippen molar-refractivity contribution in [2.45, 2.75) is 16.6 Å². The fraction of sp³-hybridized carbons (Fsp3) is 0.440. The summed E-state index contributed by atoms with van der Waals surface area (Å²) >= 11 is 1.23. The number of amides is 1. The topological polar surface area (TPSA) is 144 Å². The monoisotopic (exact) mass is 574 g/mol. The number of thiazole rings is 1. The summed E-state index contributed by atoms with van der Waals surface area (Å²) in [6.45, 7) is 3.87. The number of carbonyl (C=O) groups is 1. The summed E-state index contributed by atoms with van der Waals surface area (Å²) in [6.07, 6.45) is 0.469. The Balaban J connectivity index is 1.38. The second kappa shape index (κ2) is 12.3. The molecule has 0 saturated carbocycles. The summed E-state index contributed by atoms with van der Waals surface area (Å²) in [7, 11) is -1.68. The van der Waals surface area contributed by atoms with Crippen molar-refractivity contribution < 1.29 is 27.4 Å². The summed E-state index contributed by atoms with van der Waals surface area (Å²) in [6, 6.07) is 9.78. The lowest BCUT2D eigenvalue weighted by Gasteiger charge is -2.25. The molecule has 0 unspecified atom stereocenters. The maximum absolute atomic E-state index is 13.5. The molecule has 0 radical (unpaired) electrons. The summed E-state index contributed by atoms with van der Waals surface area (Å²) in [4.78, 5) is 23.3. The van der Waals surface area contributed by atoms with Crippen LogP contribution in [0, 0.1) is 0 Å². The average molecular weight is 575 g/mol. The summed E-state index contributed by atoms with van der Waals surface area (Å²) in [5, 5.41) is 12.0. The van der Waals surface area contributed by atoms with Crippen LogP contribution < -0.4 is 15.4 Å². The molecule has 0 spiro atoms. The average Bonchev–Trinajstić information content (AvgIpc) is 3.63. The van der Waals surface area contributed by atoms with Gasteiger partial charge in [-0.1, -0.05) is 23.5 Å². The molecule has 3 aromatic rings. The molecule has 2 aromatic heterocycles. The van der Waals surface area contributed by atoms with Gasteiger partial charge in [-0.25, -0.2) is 18.4 Å². The van der Waals surface area contributed by atoms with Gasteiger partial charge in [0.2, 0.25) is 5.88 Å². The van der Waals surface area contributed by atoms with Gasteiger partial charge in [0.15, 0.2) is 20.7 Å². The molecule has 0 aliphatic carbocycles. The third kappa shape index (κ3) is 6.53. The van der Waals surface area contributed by atoms with E-state index in [2.05, 4.69) is 25.7 Å². The van der Waals surface area contributed by atoms with Crippen molar-refractivity contribution in [3.63, 3.8) is 0 Å². The van der Waals surface area contributed by atoms with E-state index in [1.807, 2.05) is 7.05 Å². The molecule has 1 atom stereocenters. The number of likely N-dealkylation sites (N-methyl/N-ethyl adjacent to an activating group) is 1. The highest BCUT2D eigenvalue weighted by atomic mass is 32.2. The highest BCUT2D eigenvalue weighted by Gasteiger charge is 2.31. The zero-order chi connectivity index (χ0) is 27.2. The fourth-order valence-corrected chi connectivity index (χ4v) is 6.54. The number of pyridine rings is 1. The molecule has 14 heteroatoms. The van der Waals surface area contributed by atoms with Gasteiger partial charge >= 0.3 is 0 Å². The molecule has 12 nitrogen and oxygen atoms in total. The van der Waals surface area contributed by atoms with Crippen molar-refractivity contribution in [1.29, 1.82) is 0 Å². The van der Waals surface area contributed by atoms with Gasteiger partial charge in [-0.3, -0.25) is 15.1 Å². The predicted octanol–water partition coefficient (Wildman–Crippen LogP) is 1.53. The third-order valence-electron chi connectivity index (χ3n) is 6.28. The number of hydrogen-bond acceptors (Lipinski definition) is 12. The minimum Gasteiger partial charge on any atom is -0.476 e. The third-order valence-corrected chi connectivity index (χ3v) is 9.34. The van der Waals surface area contributed by atoms with E-state index in [-0.39, 0.29) is 17.2 Å². The van der Waals surface area contributed by atoms with Crippen molar-refractivity contribution in [2.75, 3.05) is 65.0 Å². The maximum atomic E-state index is 13.5. The Kier molecular flexibility index (Phi) is 8.67. The number of hydrazone groups is 1. The van der Waals surface area contributed by atoms with E-state index in [0.29, 0.717) is 79.4 Å². The second-order valence-electron chi connectivity index (χ2n) is 8.97. The van der Waals surface area contributed by atoms with Crippen LogP contribution in [0.4, 0.5) is 5.13 Å². The molecular weight excluding hydrogens is 544 g/mol. The van der Waals surface area contributed by atoms with Gasteiger partial charge in [0.1, 0.15) is 17.0 Å². The van der Waals surface area contributed by atoms with Crippen molar-refractivity contribution in [3.8, 4) is 5.88 Å². The van der Waals surface area contributed by atoms with E-state index in [9.17, 15) is 13.2 Å². The number of hydrogen-bond donors (Lipinski definition) is 2. The normalized spacial score (nSPS) is 18.4. The van der Waals surface area contributed by atoms with Crippen LogP contribution >= 0.6 is 11.3 Å². The van der Waals surface area contributed by atoms with Crippen molar-refractivity contribution in [1.82, 2.24) is 20.3 Å². The van der Waals surface area contributed by atoms with Gasteiger partial charge in [0.25, 0.3) is 5.91 Å². The molecule has 2 aliphatic rings. The van der Waals surface area contributed by atoms with Crippen LogP contribution in [0.5, 0.6) is 5.88 Å². The fourth-order valence-electron chi connectivity index (χ4n) is 4.13. The van der Waals surface area contributed by atoms with Crippen LogP contribution in [0.2, 0.25) is 0 Å². The molecule has 2 aliphatic heterocycles. The van der Waals surface area contributed by atoms with E-state index < -0.39 is 21.0 Å². The predicted molar refractivity (Wildman–Crippen MR) is 147 cm³/mol. The maximum Gasteiger partial charge on any atom is 0.278 e. The van der Waals surface area contributed by atoms with E-state index in [4.69, 9.17) is 14.2 Å². The van der Waals surface area contributed by atoms with Crippen LogP contribution in [0.3, 0.4) is 0 Å². The van der Waals surface area contributed by atoms with Gasteiger partial charge in [0.05, 0.1) is 43.1 Å². The molecule has 208 valence electrons. The Morgan fingerprint density at radius 3 is 2.64 bits per heavy atom. The van der Waals surface area contributed by atoms with Gasteiger partial charge in [-0.2, -0.15) is 5.10 Å². The number of anilines is 1. The first kappa shape index (κ1) is 27.4. The van der Waals surface area contributed by atoms with Gasteiger partial charge in [-0.15, -0.1) is 0 Å². The first-order valence-electron chi connectivity index (χ1n) is 12.6. The lowest BCUT2D eigenvalue weighted by atomic mass is 10.1. The van der Waals surface area contributed by atoms with Gasteiger partial charge < -0.3 is 19.5 Å². The number of fused-ring (bicyclic) bond motifs is 1. The molecular formula is C25H30N6O6S2. The largest absolute Gasteiger partial charge is 0.476 e. The highest BCUT2D eigenvalue weighted by Crippen LogP contribution is 2.27. The zero-order valence-corrected chi connectivity index (χ0v) is 23.1. The first-order chi connectivity index (χ1) is 18.9. The minimum atomic E-state index is -3.52. The molecule has 4 heterocycles. The molecule has 2 N–H and O–H groups in total. The Hall–Kier alpha value is -3.17. The SMILES string of the molecule is CNCCOc1ccc2nc(NC(=O)/C(=N/N3CCOCC3)c3ccc(S(=O)(=O)[C@H]4CCOC4)cc3)sc2n1. The number of sulfone groups is 1. The lowest BCUT2D eigenvalue weighted by molar-refractivity contribution is -0.110. The van der Waals surface area contributed by atoms with Crippen LogP contribution in [-0.4, -0.2) is 100.0 Å². The van der Waals surface area contributed by atoms with Crippen molar-refractivity contribution >= 4 is 48.3 Å².